The molecule has 0 spiro atoms. The van der Waals surface area contributed by atoms with E-state index in [1.165, 1.54) is 12.1 Å². The lowest BCUT2D eigenvalue weighted by Gasteiger charge is -2.15. The number of halogens is 1. The van der Waals surface area contributed by atoms with Crippen molar-refractivity contribution < 1.29 is 24.5 Å². The first-order valence-corrected chi connectivity index (χ1v) is 7.47. The van der Waals surface area contributed by atoms with Crippen LogP contribution in [0.25, 0.3) is 0 Å². The van der Waals surface area contributed by atoms with Crippen molar-refractivity contribution in [1.82, 2.24) is 5.32 Å². The zero-order valence-electron chi connectivity index (χ0n) is 12.6. The van der Waals surface area contributed by atoms with Gasteiger partial charge in [-0.15, -0.1) is 0 Å². The van der Waals surface area contributed by atoms with E-state index in [0.717, 1.165) is 6.42 Å². The molecule has 0 aliphatic rings. The average molecular weight is 330 g/mol. The molecule has 0 fully saturated rings. The molecule has 0 aliphatic carbocycles. The highest BCUT2D eigenvalue weighted by Crippen LogP contribution is 2.35. The Balaban J connectivity index is 2.94. The number of phenolic OH excluding ortho intramolecular Hbond substituents is 1. The molecule has 122 valence electrons. The molecule has 6 nitrogen and oxygen atoms in total. The number of unbranched alkanes of at least 4 members (excludes halogenated alkanes) is 1. The number of aromatic hydroxyl groups is 1. The molecule has 1 rings (SSSR count). The highest BCUT2D eigenvalue weighted by Gasteiger charge is 2.21. The van der Waals surface area contributed by atoms with E-state index in [4.69, 9.17) is 21.4 Å². The van der Waals surface area contributed by atoms with Crippen LogP contribution in [0.5, 0.6) is 11.5 Å². The Bertz CT molecular complexity index is 547. The van der Waals surface area contributed by atoms with Crippen molar-refractivity contribution in [3.63, 3.8) is 0 Å². The number of aliphatic carboxylic acids is 1. The van der Waals surface area contributed by atoms with Gasteiger partial charge in [0.05, 0.1) is 11.6 Å². The summed E-state index contributed by atoms with van der Waals surface area (Å²) in [6.45, 7) is 3.96. The quantitative estimate of drug-likeness (QED) is 0.681. The maximum Gasteiger partial charge on any atom is 0.326 e. The van der Waals surface area contributed by atoms with Crippen LogP contribution in [0, 0.1) is 0 Å². The van der Waals surface area contributed by atoms with Gasteiger partial charge >= 0.3 is 5.97 Å². The SMILES string of the molecule is CCCC[C@H](NC(=O)c1cc(Cl)c(O)c(OCC)c1)C(=O)O. The van der Waals surface area contributed by atoms with Crippen LogP contribution < -0.4 is 10.1 Å². The molecule has 22 heavy (non-hydrogen) atoms. The van der Waals surface area contributed by atoms with Gasteiger partial charge in [0.1, 0.15) is 6.04 Å². The van der Waals surface area contributed by atoms with Crippen LogP contribution in [-0.4, -0.2) is 34.7 Å². The van der Waals surface area contributed by atoms with E-state index in [0.29, 0.717) is 19.4 Å². The van der Waals surface area contributed by atoms with Crippen LogP contribution >= 0.6 is 11.6 Å². The molecule has 0 bridgehead atoms. The summed E-state index contributed by atoms with van der Waals surface area (Å²) >= 11 is 5.86. The maximum absolute atomic E-state index is 12.2. The number of carbonyl (C=O) groups is 2. The molecule has 0 radical (unpaired) electrons. The first-order valence-electron chi connectivity index (χ1n) is 7.09. The van der Waals surface area contributed by atoms with Gasteiger partial charge in [0, 0.05) is 5.56 Å². The third-order valence-corrected chi connectivity index (χ3v) is 3.33. The van der Waals surface area contributed by atoms with Crippen LogP contribution in [0.4, 0.5) is 0 Å². The number of hydrogen-bond acceptors (Lipinski definition) is 4. The summed E-state index contributed by atoms with van der Waals surface area (Å²) in [5.74, 6) is -1.83. The Hall–Kier alpha value is -1.95. The van der Waals surface area contributed by atoms with E-state index in [1.807, 2.05) is 6.92 Å². The molecule has 0 aromatic heterocycles. The number of phenols is 1. The second-order valence-electron chi connectivity index (χ2n) is 4.74. The average Bonchev–Trinajstić information content (AvgIpc) is 2.47. The summed E-state index contributed by atoms with van der Waals surface area (Å²) in [4.78, 5) is 23.3. The highest BCUT2D eigenvalue weighted by molar-refractivity contribution is 6.32. The molecule has 1 aromatic carbocycles. The standard InChI is InChI=1S/C15H20ClNO5/c1-3-5-6-11(15(20)21)17-14(19)9-7-10(16)13(18)12(8-9)22-4-2/h7-8,11,18H,3-6H2,1-2H3,(H,17,19)(H,20,21)/t11-/m0/s1. The lowest BCUT2D eigenvalue weighted by molar-refractivity contribution is -0.139. The lowest BCUT2D eigenvalue weighted by Crippen LogP contribution is -2.40. The van der Waals surface area contributed by atoms with E-state index in [1.54, 1.807) is 6.92 Å². The number of rotatable bonds is 8. The minimum atomic E-state index is -1.09. The lowest BCUT2D eigenvalue weighted by atomic mass is 10.1. The second-order valence-corrected chi connectivity index (χ2v) is 5.15. The van der Waals surface area contributed by atoms with E-state index in [-0.39, 0.29) is 22.1 Å². The van der Waals surface area contributed by atoms with Crippen molar-refractivity contribution in [2.45, 2.75) is 39.2 Å². The molecule has 0 unspecified atom stereocenters. The van der Waals surface area contributed by atoms with Gasteiger partial charge in [-0.25, -0.2) is 4.79 Å². The van der Waals surface area contributed by atoms with Gasteiger partial charge in [0.25, 0.3) is 5.91 Å². The van der Waals surface area contributed by atoms with Crippen molar-refractivity contribution >= 4 is 23.5 Å². The summed E-state index contributed by atoms with van der Waals surface area (Å²) in [7, 11) is 0. The fourth-order valence-corrected chi connectivity index (χ4v) is 2.09. The topological polar surface area (TPSA) is 95.9 Å². The minimum absolute atomic E-state index is 0.0310. The first kappa shape index (κ1) is 18.1. The molecule has 0 saturated carbocycles. The van der Waals surface area contributed by atoms with E-state index < -0.39 is 17.9 Å². The van der Waals surface area contributed by atoms with Crippen molar-refractivity contribution in [3.05, 3.63) is 22.7 Å². The predicted molar refractivity (Wildman–Crippen MR) is 82.7 cm³/mol. The van der Waals surface area contributed by atoms with Crippen molar-refractivity contribution in [2.75, 3.05) is 6.61 Å². The Kier molecular flexibility index (Phi) is 6.98. The maximum atomic E-state index is 12.2. The smallest absolute Gasteiger partial charge is 0.326 e. The Morgan fingerprint density at radius 3 is 2.59 bits per heavy atom. The van der Waals surface area contributed by atoms with Gasteiger partial charge in [0.15, 0.2) is 11.5 Å². The first-order chi connectivity index (χ1) is 10.4. The number of carbonyl (C=O) groups excluding carboxylic acids is 1. The summed E-state index contributed by atoms with van der Waals surface area (Å²) in [5, 5.41) is 21.3. The van der Waals surface area contributed by atoms with Gasteiger partial charge in [-0.05, 0) is 25.5 Å². The van der Waals surface area contributed by atoms with Gasteiger partial charge in [0.2, 0.25) is 0 Å². The fourth-order valence-electron chi connectivity index (χ4n) is 1.88. The Labute approximate surface area is 134 Å². The number of ether oxygens (including phenoxy) is 1. The summed E-state index contributed by atoms with van der Waals surface area (Å²) in [6.07, 6.45) is 1.87. The van der Waals surface area contributed by atoms with Gasteiger partial charge < -0.3 is 20.3 Å². The number of nitrogens with one attached hydrogen (secondary N) is 1. The fraction of sp³-hybridized carbons (Fsp3) is 0.467. The van der Waals surface area contributed by atoms with Crippen LogP contribution in [-0.2, 0) is 4.79 Å². The zero-order valence-corrected chi connectivity index (χ0v) is 13.3. The summed E-state index contributed by atoms with van der Waals surface area (Å²) in [5.41, 5.74) is 0.133. The molecule has 0 saturated heterocycles. The Morgan fingerprint density at radius 2 is 2.05 bits per heavy atom. The minimum Gasteiger partial charge on any atom is -0.503 e. The molecule has 1 aromatic rings. The van der Waals surface area contributed by atoms with Crippen LogP contribution in [0.15, 0.2) is 12.1 Å². The molecule has 0 aliphatic heterocycles. The zero-order chi connectivity index (χ0) is 16.7. The number of benzene rings is 1. The predicted octanol–water partition coefficient (Wildman–Crippen LogP) is 2.82. The monoisotopic (exact) mass is 329 g/mol. The number of amides is 1. The van der Waals surface area contributed by atoms with E-state index in [2.05, 4.69) is 5.32 Å². The number of hydrogen-bond donors (Lipinski definition) is 3. The molecule has 1 amide bonds. The van der Waals surface area contributed by atoms with Crippen molar-refractivity contribution in [2.24, 2.45) is 0 Å². The van der Waals surface area contributed by atoms with E-state index >= 15 is 0 Å². The molecule has 7 heteroatoms. The molecular formula is C15H20ClNO5. The molecule has 1 atom stereocenters. The van der Waals surface area contributed by atoms with Crippen LogP contribution in [0.1, 0.15) is 43.5 Å². The molecule has 3 N–H and O–H groups in total. The van der Waals surface area contributed by atoms with Crippen LogP contribution in [0.3, 0.4) is 0 Å². The van der Waals surface area contributed by atoms with Crippen molar-refractivity contribution in [1.29, 1.82) is 0 Å². The third-order valence-electron chi connectivity index (χ3n) is 3.04. The molecular weight excluding hydrogens is 310 g/mol. The number of carboxylic acid groups (broad SMARTS) is 1. The highest BCUT2D eigenvalue weighted by atomic mass is 35.5. The van der Waals surface area contributed by atoms with Crippen LogP contribution in [0.2, 0.25) is 5.02 Å². The Morgan fingerprint density at radius 1 is 1.36 bits per heavy atom. The van der Waals surface area contributed by atoms with Gasteiger partial charge in [-0.3, -0.25) is 4.79 Å². The van der Waals surface area contributed by atoms with Crippen molar-refractivity contribution in [3.8, 4) is 11.5 Å². The normalized spacial score (nSPS) is 11.8. The summed E-state index contributed by atoms with van der Waals surface area (Å²) in [6, 6.07) is 1.64. The largest absolute Gasteiger partial charge is 0.503 e. The van der Waals surface area contributed by atoms with Gasteiger partial charge in [-0.1, -0.05) is 31.4 Å². The van der Waals surface area contributed by atoms with E-state index in [9.17, 15) is 14.7 Å². The molecule has 0 heterocycles. The third kappa shape index (κ3) is 4.80. The van der Waals surface area contributed by atoms with Gasteiger partial charge in [-0.2, -0.15) is 0 Å². The second kappa shape index (κ2) is 8.48. The number of carboxylic acids is 1. The summed E-state index contributed by atoms with van der Waals surface area (Å²) < 4.78 is 5.19.